The molecule has 3 rings (SSSR count). The predicted molar refractivity (Wildman–Crippen MR) is 101 cm³/mol. The maximum Gasteiger partial charge on any atom is 0.446 e. The van der Waals surface area contributed by atoms with Crippen molar-refractivity contribution in [3.8, 4) is 5.75 Å². The minimum atomic E-state index is -4.48. The molecule has 0 spiro atoms. The topological polar surface area (TPSA) is 51.2 Å². The van der Waals surface area contributed by atoms with Gasteiger partial charge >= 0.3 is 5.51 Å². The smallest absolute Gasteiger partial charge is 0.446 e. The Morgan fingerprint density at radius 1 is 1.04 bits per heavy atom. The van der Waals surface area contributed by atoms with Crippen LogP contribution in [0.4, 0.5) is 18.9 Å². The zero-order valence-corrected chi connectivity index (χ0v) is 15.3. The van der Waals surface area contributed by atoms with Crippen LogP contribution in [0.1, 0.15) is 16.1 Å². The van der Waals surface area contributed by atoms with E-state index in [4.69, 9.17) is 4.74 Å². The van der Waals surface area contributed by atoms with Crippen molar-refractivity contribution in [1.82, 2.24) is 4.98 Å². The second-order valence-corrected chi connectivity index (χ2v) is 6.74. The highest BCUT2D eigenvalue weighted by Gasteiger charge is 2.31. The van der Waals surface area contributed by atoms with Crippen LogP contribution in [0.2, 0.25) is 0 Å². The van der Waals surface area contributed by atoms with Gasteiger partial charge in [0.1, 0.15) is 12.4 Å². The highest BCUT2D eigenvalue weighted by atomic mass is 32.2. The van der Waals surface area contributed by atoms with Crippen molar-refractivity contribution in [3.05, 3.63) is 84.2 Å². The van der Waals surface area contributed by atoms with Crippen molar-refractivity contribution in [2.45, 2.75) is 17.0 Å². The second-order valence-electron chi connectivity index (χ2n) is 5.64. The van der Waals surface area contributed by atoms with E-state index in [1.165, 1.54) is 24.3 Å². The first kappa shape index (κ1) is 19.8. The van der Waals surface area contributed by atoms with Gasteiger partial charge in [0.2, 0.25) is 0 Å². The fraction of sp³-hybridized carbons (Fsp3) is 0.100. The van der Waals surface area contributed by atoms with Crippen LogP contribution in [-0.4, -0.2) is 16.4 Å². The number of thioether (sulfide) groups is 1. The Morgan fingerprint density at radius 2 is 1.82 bits per heavy atom. The summed E-state index contributed by atoms with van der Waals surface area (Å²) < 4.78 is 43.7. The number of halogens is 3. The highest BCUT2D eigenvalue weighted by Crippen LogP contribution is 2.38. The number of amides is 1. The zero-order chi connectivity index (χ0) is 20.0. The molecular formula is C20H15F3N2O2S. The Balaban J connectivity index is 1.70. The highest BCUT2D eigenvalue weighted by molar-refractivity contribution is 8.00. The van der Waals surface area contributed by atoms with Crippen molar-refractivity contribution >= 4 is 23.4 Å². The Morgan fingerprint density at radius 3 is 2.57 bits per heavy atom. The second kappa shape index (κ2) is 8.79. The van der Waals surface area contributed by atoms with Crippen LogP contribution in [0.25, 0.3) is 0 Å². The molecule has 0 aliphatic carbocycles. The molecule has 1 aromatic heterocycles. The van der Waals surface area contributed by atoms with Crippen molar-refractivity contribution in [3.63, 3.8) is 0 Å². The first-order valence-electron chi connectivity index (χ1n) is 8.19. The van der Waals surface area contributed by atoms with Crippen LogP contribution in [0, 0.1) is 0 Å². The Bertz CT molecular complexity index is 949. The molecule has 3 aromatic rings. The normalized spacial score (nSPS) is 11.1. The third-order valence-electron chi connectivity index (χ3n) is 3.56. The number of hydrogen-bond acceptors (Lipinski definition) is 4. The van der Waals surface area contributed by atoms with E-state index in [-0.39, 0.29) is 28.8 Å². The summed E-state index contributed by atoms with van der Waals surface area (Å²) in [7, 11) is 0. The van der Waals surface area contributed by atoms with Gasteiger partial charge in [0.25, 0.3) is 5.91 Å². The number of benzene rings is 2. The number of carbonyl (C=O) groups is 1. The lowest BCUT2D eigenvalue weighted by Crippen LogP contribution is -2.14. The van der Waals surface area contributed by atoms with Gasteiger partial charge in [-0.2, -0.15) is 13.2 Å². The number of ether oxygens (including phenoxy) is 1. The summed E-state index contributed by atoms with van der Waals surface area (Å²) in [6.07, 6.45) is 1.66. The molecule has 0 aliphatic heterocycles. The molecule has 0 atom stereocenters. The summed E-state index contributed by atoms with van der Waals surface area (Å²) in [5, 5.41) is 2.61. The number of nitrogens with one attached hydrogen (secondary N) is 1. The van der Waals surface area contributed by atoms with Gasteiger partial charge in [-0.05, 0) is 48.2 Å². The van der Waals surface area contributed by atoms with E-state index in [1.807, 2.05) is 12.1 Å². The lowest BCUT2D eigenvalue weighted by molar-refractivity contribution is -0.0328. The molecule has 4 nitrogen and oxygen atoms in total. The van der Waals surface area contributed by atoms with E-state index in [0.717, 1.165) is 5.69 Å². The number of anilines is 1. The van der Waals surface area contributed by atoms with Gasteiger partial charge in [0.05, 0.1) is 11.3 Å². The van der Waals surface area contributed by atoms with Gasteiger partial charge < -0.3 is 10.1 Å². The molecule has 0 fully saturated rings. The van der Waals surface area contributed by atoms with Gasteiger partial charge in [-0.25, -0.2) is 0 Å². The molecule has 8 heteroatoms. The molecule has 28 heavy (non-hydrogen) atoms. The van der Waals surface area contributed by atoms with Crippen molar-refractivity contribution in [2.24, 2.45) is 0 Å². The summed E-state index contributed by atoms with van der Waals surface area (Å²) in [6.45, 7) is 0.253. The number of hydrogen-bond donors (Lipinski definition) is 1. The number of nitrogens with zero attached hydrogens (tertiary/aromatic N) is 1. The third kappa shape index (κ3) is 5.75. The van der Waals surface area contributed by atoms with Crippen LogP contribution < -0.4 is 10.1 Å². The number of pyridine rings is 1. The fourth-order valence-corrected chi connectivity index (χ4v) is 3.04. The van der Waals surface area contributed by atoms with Crippen molar-refractivity contribution < 1.29 is 22.7 Å². The monoisotopic (exact) mass is 404 g/mol. The van der Waals surface area contributed by atoms with Crippen LogP contribution in [-0.2, 0) is 6.61 Å². The van der Waals surface area contributed by atoms with Crippen LogP contribution >= 0.6 is 11.8 Å². The summed E-state index contributed by atoms with van der Waals surface area (Å²) >= 11 is -0.317. The van der Waals surface area contributed by atoms with Crippen LogP contribution in [0.15, 0.2) is 77.8 Å². The average Bonchev–Trinajstić information content (AvgIpc) is 2.67. The van der Waals surface area contributed by atoms with E-state index < -0.39 is 11.4 Å². The lowest BCUT2D eigenvalue weighted by atomic mass is 10.2. The fourth-order valence-electron chi connectivity index (χ4n) is 2.37. The average molecular weight is 404 g/mol. The van der Waals surface area contributed by atoms with Crippen LogP contribution in [0.3, 0.4) is 0 Å². The van der Waals surface area contributed by atoms with Crippen LogP contribution in [0.5, 0.6) is 5.75 Å². The molecule has 144 valence electrons. The number of rotatable bonds is 6. The lowest BCUT2D eigenvalue weighted by Gasteiger charge is -2.12. The molecule has 1 amide bonds. The molecule has 0 radical (unpaired) electrons. The first-order chi connectivity index (χ1) is 13.4. The quantitative estimate of drug-likeness (QED) is 0.549. The van der Waals surface area contributed by atoms with E-state index in [2.05, 4.69) is 10.3 Å². The van der Waals surface area contributed by atoms with Gasteiger partial charge in [0, 0.05) is 22.8 Å². The molecule has 1 heterocycles. The van der Waals surface area contributed by atoms with Gasteiger partial charge in [-0.1, -0.05) is 24.3 Å². The van der Waals surface area contributed by atoms with E-state index in [1.54, 1.807) is 36.5 Å². The summed E-state index contributed by atoms with van der Waals surface area (Å²) in [5.74, 6) is -0.129. The van der Waals surface area contributed by atoms with Crippen molar-refractivity contribution in [2.75, 3.05) is 5.32 Å². The Labute approximate surface area is 163 Å². The Kier molecular flexibility index (Phi) is 6.20. The van der Waals surface area contributed by atoms with Gasteiger partial charge in [-0.3, -0.25) is 9.78 Å². The Hall–Kier alpha value is -3.00. The molecule has 0 saturated carbocycles. The van der Waals surface area contributed by atoms with Gasteiger partial charge in [0.15, 0.2) is 0 Å². The number of alkyl halides is 3. The maximum absolute atomic E-state index is 12.7. The minimum absolute atomic E-state index is 0.0513. The molecular weight excluding hydrogens is 389 g/mol. The standard InChI is InChI=1S/C20H15F3N2O2S/c21-20(22,23)28-18-10-2-1-9-17(18)19(26)25-14-7-5-8-16(12-14)27-13-15-6-3-4-11-24-15/h1-12H,13H2,(H,25,26). The summed E-state index contributed by atoms with van der Waals surface area (Å²) in [5.41, 5.74) is -3.37. The van der Waals surface area contributed by atoms with Crippen molar-refractivity contribution in [1.29, 1.82) is 0 Å². The molecule has 1 N–H and O–H groups in total. The van der Waals surface area contributed by atoms with E-state index in [9.17, 15) is 18.0 Å². The number of aromatic nitrogens is 1. The predicted octanol–water partition coefficient (Wildman–Crippen LogP) is 5.52. The van der Waals surface area contributed by atoms with Gasteiger partial charge in [-0.15, -0.1) is 0 Å². The molecule has 2 aromatic carbocycles. The number of carbonyl (C=O) groups excluding carboxylic acids is 1. The molecule has 0 bridgehead atoms. The molecule has 0 aliphatic rings. The molecule has 0 saturated heterocycles. The summed E-state index contributed by atoms with van der Waals surface area (Å²) in [4.78, 5) is 16.5. The zero-order valence-electron chi connectivity index (χ0n) is 14.4. The third-order valence-corrected chi connectivity index (χ3v) is 4.37. The summed E-state index contributed by atoms with van der Waals surface area (Å²) in [6, 6.07) is 17.7. The SMILES string of the molecule is O=C(Nc1cccc(OCc2ccccn2)c1)c1ccccc1SC(F)(F)F. The first-order valence-corrected chi connectivity index (χ1v) is 9.01. The van der Waals surface area contributed by atoms with E-state index >= 15 is 0 Å². The largest absolute Gasteiger partial charge is 0.487 e. The minimum Gasteiger partial charge on any atom is -0.487 e. The van der Waals surface area contributed by atoms with E-state index in [0.29, 0.717) is 11.4 Å². The maximum atomic E-state index is 12.7. The molecule has 0 unspecified atom stereocenters.